The van der Waals surface area contributed by atoms with E-state index in [0.717, 1.165) is 11.1 Å². The fourth-order valence-corrected chi connectivity index (χ4v) is 2.86. The summed E-state index contributed by atoms with van der Waals surface area (Å²) in [6.45, 7) is 5.79. The molecular weight excluding hydrogens is 308 g/mol. The van der Waals surface area contributed by atoms with E-state index >= 15 is 0 Å². The topological polar surface area (TPSA) is 12.0 Å². The molecule has 2 unspecified atom stereocenters. The average molecular weight is 326 g/mol. The van der Waals surface area contributed by atoms with Crippen LogP contribution in [0, 0.1) is 12.7 Å². The van der Waals surface area contributed by atoms with Gasteiger partial charge in [-0.25, -0.2) is 4.39 Å². The van der Waals surface area contributed by atoms with Crippen LogP contribution in [0.2, 0.25) is 10.0 Å². The van der Waals surface area contributed by atoms with Crippen LogP contribution in [0.15, 0.2) is 36.4 Å². The number of nitrogens with one attached hydrogen (secondary N) is 1. The maximum absolute atomic E-state index is 13.6. The van der Waals surface area contributed by atoms with Gasteiger partial charge in [0.1, 0.15) is 5.82 Å². The molecule has 0 amide bonds. The molecule has 1 N–H and O–H groups in total. The molecule has 0 bridgehead atoms. The van der Waals surface area contributed by atoms with Crippen molar-refractivity contribution in [2.24, 2.45) is 0 Å². The molecule has 0 saturated heterocycles. The van der Waals surface area contributed by atoms with Crippen molar-refractivity contribution in [3.8, 4) is 0 Å². The van der Waals surface area contributed by atoms with Gasteiger partial charge in [-0.3, -0.25) is 0 Å². The van der Waals surface area contributed by atoms with E-state index in [1.807, 2.05) is 32.0 Å². The van der Waals surface area contributed by atoms with Gasteiger partial charge in [0, 0.05) is 22.1 Å². The van der Waals surface area contributed by atoms with E-state index in [0.29, 0.717) is 15.6 Å². The quantitative estimate of drug-likeness (QED) is 0.743. The molecule has 0 aliphatic heterocycles. The van der Waals surface area contributed by atoms with Gasteiger partial charge in [0.15, 0.2) is 0 Å². The number of halogens is 3. The molecule has 2 aromatic carbocycles. The maximum Gasteiger partial charge on any atom is 0.126 e. The van der Waals surface area contributed by atoms with Crippen LogP contribution in [0.5, 0.6) is 0 Å². The molecule has 0 radical (unpaired) electrons. The van der Waals surface area contributed by atoms with Gasteiger partial charge in [0.05, 0.1) is 0 Å². The van der Waals surface area contributed by atoms with Gasteiger partial charge in [-0.05, 0) is 55.7 Å². The molecule has 4 heteroatoms. The van der Waals surface area contributed by atoms with E-state index in [1.54, 1.807) is 25.1 Å². The average Bonchev–Trinajstić information content (AvgIpc) is 2.41. The van der Waals surface area contributed by atoms with Gasteiger partial charge >= 0.3 is 0 Å². The Morgan fingerprint density at radius 1 is 1.00 bits per heavy atom. The van der Waals surface area contributed by atoms with Gasteiger partial charge in [-0.15, -0.1) is 0 Å². The molecule has 0 aromatic heterocycles. The van der Waals surface area contributed by atoms with Crippen molar-refractivity contribution in [2.45, 2.75) is 32.9 Å². The fourth-order valence-electron chi connectivity index (χ4n) is 2.29. The summed E-state index contributed by atoms with van der Waals surface area (Å²) < 4.78 is 13.6. The number of aryl methyl sites for hydroxylation is 1. The molecule has 0 heterocycles. The van der Waals surface area contributed by atoms with Crippen molar-refractivity contribution < 1.29 is 4.39 Å². The Hall–Kier alpha value is -1.09. The van der Waals surface area contributed by atoms with Gasteiger partial charge in [0.2, 0.25) is 0 Å². The third-order valence-corrected chi connectivity index (χ3v) is 4.19. The minimum Gasteiger partial charge on any atom is -0.304 e. The lowest BCUT2D eigenvalue weighted by molar-refractivity contribution is 0.491. The zero-order valence-corrected chi connectivity index (χ0v) is 13.8. The normalized spacial score (nSPS) is 14.0. The van der Waals surface area contributed by atoms with Crippen LogP contribution in [0.25, 0.3) is 0 Å². The van der Waals surface area contributed by atoms with E-state index in [4.69, 9.17) is 23.2 Å². The molecule has 1 nitrogen and oxygen atoms in total. The van der Waals surface area contributed by atoms with E-state index in [2.05, 4.69) is 5.32 Å². The van der Waals surface area contributed by atoms with Crippen LogP contribution in [0.1, 0.15) is 42.6 Å². The second kappa shape index (κ2) is 6.78. The van der Waals surface area contributed by atoms with Crippen molar-refractivity contribution in [1.82, 2.24) is 5.32 Å². The van der Waals surface area contributed by atoms with Crippen molar-refractivity contribution >= 4 is 23.2 Å². The molecule has 2 atom stereocenters. The second-order valence-electron chi connectivity index (χ2n) is 5.28. The van der Waals surface area contributed by atoms with Gasteiger partial charge in [-0.2, -0.15) is 0 Å². The zero-order valence-electron chi connectivity index (χ0n) is 12.3. The van der Waals surface area contributed by atoms with Gasteiger partial charge in [-0.1, -0.05) is 41.4 Å². The summed E-state index contributed by atoms with van der Waals surface area (Å²) in [6, 6.07) is 10.8. The smallest absolute Gasteiger partial charge is 0.126 e. The fraction of sp³-hybridized carbons (Fsp3) is 0.294. The first-order valence-corrected chi connectivity index (χ1v) is 7.61. The molecule has 0 fully saturated rings. The van der Waals surface area contributed by atoms with Crippen LogP contribution in [0.4, 0.5) is 4.39 Å². The third-order valence-electron chi connectivity index (χ3n) is 3.62. The predicted molar refractivity (Wildman–Crippen MR) is 87.6 cm³/mol. The Bertz CT molecular complexity index is 643. The molecule has 0 spiro atoms. The molecule has 2 aromatic rings. The van der Waals surface area contributed by atoms with E-state index in [9.17, 15) is 4.39 Å². The minimum atomic E-state index is -0.182. The summed E-state index contributed by atoms with van der Waals surface area (Å²) in [4.78, 5) is 0. The summed E-state index contributed by atoms with van der Waals surface area (Å²) in [7, 11) is 0. The maximum atomic E-state index is 13.6. The van der Waals surface area contributed by atoms with E-state index in [-0.39, 0.29) is 17.9 Å². The zero-order chi connectivity index (χ0) is 15.6. The summed E-state index contributed by atoms with van der Waals surface area (Å²) in [5.41, 5.74) is 2.54. The Labute approximate surface area is 135 Å². The first-order chi connectivity index (χ1) is 9.88. The highest BCUT2D eigenvalue weighted by molar-refractivity contribution is 6.35. The SMILES string of the molecule is Cc1ccc(C(C)NC(C)c2ccc(Cl)cc2Cl)cc1F. The van der Waals surface area contributed by atoms with E-state index in [1.165, 1.54) is 0 Å². The highest BCUT2D eigenvalue weighted by Gasteiger charge is 2.14. The Morgan fingerprint density at radius 3 is 2.33 bits per heavy atom. The van der Waals surface area contributed by atoms with Gasteiger partial charge < -0.3 is 5.32 Å². The lowest BCUT2D eigenvalue weighted by Crippen LogP contribution is -2.22. The highest BCUT2D eigenvalue weighted by Crippen LogP contribution is 2.28. The van der Waals surface area contributed by atoms with Crippen LogP contribution < -0.4 is 5.32 Å². The Balaban J connectivity index is 2.14. The summed E-state index contributed by atoms with van der Waals surface area (Å²) in [5, 5.41) is 4.67. The van der Waals surface area contributed by atoms with Crippen molar-refractivity contribution in [3.63, 3.8) is 0 Å². The standard InChI is InChI=1S/C17H18Cl2FN/c1-10-4-5-13(8-17(10)20)11(2)21-12(3)15-7-6-14(18)9-16(15)19/h4-9,11-12,21H,1-3H3. The third kappa shape index (κ3) is 3.97. The predicted octanol–water partition coefficient (Wildman–Crippen LogP) is 5.85. The summed E-state index contributed by atoms with van der Waals surface area (Å²) in [5.74, 6) is -0.182. The largest absolute Gasteiger partial charge is 0.304 e. The molecule has 112 valence electrons. The first kappa shape index (κ1) is 16.3. The van der Waals surface area contributed by atoms with Crippen molar-refractivity contribution in [2.75, 3.05) is 0 Å². The number of rotatable bonds is 4. The Morgan fingerprint density at radius 2 is 1.71 bits per heavy atom. The monoisotopic (exact) mass is 325 g/mol. The van der Waals surface area contributed by atoms with Crippen LogP contribution >= 0.6 is 23.2 Å². The molecule has 0 saturated carbocycles. The van der Waals surface area contributed by atoms with E-state index < -0.39 is 0 Å². The first-order valence-electron chi connectivity index (χ1n) is 6.85. The lowest BCUT2D eigenvalue weighted by Gasteiger charge is -2.22. The molecular formula is C17H18Cl2FN. The molecule has 0 aliphatic rings. The van der Waals surface area contributed by atoms with Crippen molar-refractivity contribution in [3.05, 3.63) is 69.0 Å². The van der Waals surface area contributed by atoms with Crippen LogP contribution in [-0.4, -0.2) is 0 Å². The highest BCUT2D eigenvalue weighted by atomic mass is 35.5. The van der Waals surface area contributed by atoms with Gasteiger partial charge in [0.25, 0.3) is 0 Å². The number of hydrogen-bond donors (Lipinski definition) is 1. The number of hydrogen-bond acceptors (Lipinski definition) is 1. The molecule has 21 heavy (non-hydrogen) atoms. The molecule has 2 rings (SSSR count). The Kier molecular flexibility index (Phi) is 5.26. The van der Waals surface area contributed by atoms with Crippen molar-refractivity contribution in [1.29, 1.82) is 0 Å². The molecule has 0 aliphatic carbocycles. The van der Waals surface area contributed by atoms with Crippen LogP contribution in [0.3, 0.4) is 0 Å². The summed E-state index contributed by atoms with van der Waals surface area (Å²) in [6.07, 6.45) is 0. The van der Waals surface area contributed by atoms with Crippen LogP contribution in [-0.2, 0) is 0 Å². The minimum absolute atomic E-state index is 0.0156. The summed E-state index contributed by atoms with van der Waals surface area (Å²) >= 11 is 12.1. The number of benzene rings is 2. The second-order valence-corrected chi connectivity index (χ2v) is 6.13. The lowest BCUT2D eigenvalue weighted by atomic mass is 10.0.